The molecule has 1 amide bonds. The molecule has 0 aliphatic heterocycles. The number of aliphatic hydroxyl groups is 2. The van der Waals surface area contributed by atoms with Crippen LogP contribution >= 0.6 is 0 Å². The Labute approximate surface area is 476 Å². The number of amides is 1. The van der Waals surface area contributed by atoms with E-state index in [0.717, 1.165) is 38.5 Å². The first-order chi connectivity index (χ1) is 37.5. The van der Waals surface area contributed by atoms with Gasteiger partial charge in [0.1, 0.15) is 0 Å². The van der Waals surface area contributed by atoms with E-state index in [1.165, 1.54) is 340 Å². The van der Waals surface area contributed by atoms with E-state index in [9.17, 15) is 19.8 Å². The number of aliphatic hydroxyl groups excluding tert-OH is 2. The van der Waals surface area contributed by atoms with Crippen molar-refractivity contribution < 1.29 is 24.5 Å². The molecule has 2 unspecified atom stereocenters. The number of ether oxygens (including phenoxy) is 1. The molecule has 0 heterocycles. The molecular weight excluding hydrogens is 935 g/mol. The summed E-state index contributed by atoms with van der Waals surface area (Å²) in [6, 6.07) is -0.543. The Bertz CT molecular complexity index is 1100. The third-order valence-corrected chi connectivity index (χ3v) is 16.9. The molecule has 0 radical (unpaired) electrons. The Kier molecular flexibility index (Phi) is 65.4. The first-order valence-corrected chi connectivity index (χ1v) is 35.3. The number of carbonyl (C=O) groups excluding carboxylic acids is 2. The maximum atomic E-state index is 12.5. The molecule has 0 aliphatic rings. The van der Waals surface area contributed by atoms with Crippen LogP contribution in [0.4, 0.5) is 0 Å². The molecule has 3 N–H and O–H groups in total. The van der Waals surface area contributed by atoms with Crippen LogP contribution in [0.25, 0.3) is 0 Å². The fourth-order valence-corrected chi connectivity index (χ4v) is 11.5. The molecule has 6 nitrogen and oxygen atoms in total. The molecule has 454 valence electrons. The number of hydrogen-bond donors (Lipinski definition) is 3. The molecule has 0 saturated carbocycles. The van der Waals surface area contributed by atoms with Crippen molar-refractivity contribution in [3.8, 4) is 0 Å². The highest BCUT2D eigenvalue weighted by molar-refractivity contribution is 5.76. The minimum absolute atomic E-state index is 0.0171. The molecule has 6 heteroatoms. The van der Waals surface area contributed by atoms with E-state index in [2.05, 4.69) is 19.2 Å². The van der Waals surface area contributed by atoms with E-state index in [-0.39, 0.29) is 18.5 Å². The van der Waals surface area contributed by atoms with Crippen LogP contribution in [0.5, 0.6) is 0 Å². The summed E-state index contributed by atoms with van der Waals surface area (Å²) >= 11 is 0. The van der Waals surface area contributed by atoms with Crippen LogP contribution in [0.2, 0.25) is 0 Å². The minimum atomic E-state index is -0.665. The van der Waals surface area contributed by atoms with Crippen LogP contribution in [0.3, 0.4) is 0 Å². The monoisotopic (exact) mass is 1070 g/mol. The van der Waals surface area contributed by atoms with Crippen molar-refractivity contribution in [3.63, 3.8) is 0 Å². The van der Waals surface area contributed by atoms with E-state index in [1.807, 2.05) is 0 Å². The van der Waals surface area contributed by atoms with Gasteiger partial charge in [-0.25, -0.2) is 0 Å². The zero-order valence-electron chi connectivity index (χ0n) is 52.0. The fourth-order valence-electron chi connectivity index (χ4n) is 11.5. The van der Waals surface area contributed by atoms with Crippen LogP contribution in [-0.2, 0) is 14.3 Å². The van der Waals surface area contributed by atoms with Gasteiger partial charge in [-0.3, -0.25) is 9.59 Å². The Morgan fingerprint density at radius 3 is 0.803 bits per heavy atom. The van der Waals surface area contributed by atoms with Gasteiger partial charge >= 0.3 is 5.97 Å². The maximum absolute atomic E-state index is 12.5. The van der Waals surface area contributed by atoms with Gasteiger partial charge in [0.2, 0.25) is 5.91 Å². The van der Waals surface area contributed by atoms with Crippen LogP contribution in [0.1, 0.15) is 412 Å². The van der Waals surface area contributed by atoms with Crippen LogP contribution in [0.15, 0.2) is 0 Å². The van der Waals surface area contributed by atoms with Crippen molar-refractivity contribution in [3.05, 3.63) is 0 Å². The zero-order chi connectivity index (χ0) is 55.0. The SMILES string of the molecule is CCCCCCCCCCCCCCCCCCCCCCC(O)C(CO)NC(=O)CCCCCCCCCCCCCCCCCCCCCCOC(=O)CCCCCCCCCCCCCCCCCCCCC. The van der Waals surface area contributed by atoms with Gasteiger partial charge in [0.15, 0.2) is 0 Å². The molecule has 2 atom stereocenters. The number of hydrogen-bond acceptors (Lipinski definition) is 5. The molecule has 0 spiro atoms. The second kappa shape index (κ2) is 66.4. The normalized spacial score (nSPS) is 12.4. The molecule has 0 rings (SSSR count). The lowest BCUT2D eigenvalue weighted by molar-refractivity contribution is -0.143. The Morgan fingerprint density at radius 1 is 0.316 bits per heavy atom. The quantitative estimate of drug-likeness (QED) is 0.0417. The molecule has 0 fully saturated rings. The zero-order valence-corrected chi connectivity index (χ0v) is 52.0. The van der Waals surface area contributed by atoms with Gasteiger partial charge in [-0.2, -0.15) is 0 Å². The standard InChI is InChI=1S/C70H139NO5/c1-3-5-7-9-11-13-15-17-19-21-23-27-30-34-38-42-46-50-54-58-62-68(73)67(66-72)71-69(74)63-59-55-51-47-43-39-35-31-28-24-25-29-33-37-41-45-49-53-57-61-65-76-70(75)64-60-56-52-48-44-40-36-32-26-22-20-18-16-14-12-10-8-6-4-2/h67-68,72-73H,3-66H2,1-2H3,(H,71,74). The molecule has 0 bridgehead atoms. The van der Waals surface area contributed by atoms with Gasteiger partial charge in [-0.05, 0) is 25.7 Å². The molecular formula is C70H139NO5. The third kappa shape index (κ3) is 62.1. The highest BCUT2D eigenvalue weighted by Gasteiger charge is 2.20. The summed E-state index contributed by atoms with van der Waals surface area (Å²) in [4.78, 5) is 24.7. The van der Waals surface area contributed by atoms with Gasteiger partial charge in [-0.1, -0.05) is 373 Å². The summed E-state index contributed by atoms with van der Waals surface area (Å²) in [5, 5.41) is 23.4. The number of rotatable bonds is 67. The van der Waals surface area contributed by atoms with Crippen molar-refractivity contribution in [1.29, 1.82) is 0 Å². The van der Waals surface area contributed by atoms with Gasteiger partial charge in [-0.15, -0.1) is 0 Å². The Hall–Kier alpha value is -1.14. The lowest BCUT2D eigenvalue weighted by Crippen LogP contribution is -2.45. The van der Waals surface area contributed by atoms with Crippen molar-refractivity contribution >= 4 is 11.9 Å². The van der Waals surface area contributed by atoms with Crippen molar-refractivity contribution in [1.82, 2.24) is 5.32 Å². The number of carbonyl (C=O) groups is 2. The Morgan fingerprint density at radius 2 is 0.539 bits per heavy atom. The summed E-state index contributed by atoms with van der Waals surface area (Å²) < 4.78 is 5.51. The predicted octanol–water partition coefficient (Wildman–Crippen LogP) is 22.6. The Balaban J connectivity index is 3.36. The first kappa shape index (κ1) is 74.9. The number of esters is 1. The molecule has 0 aromatic rings. The van der Waals surface area contributed by atoms with E-state index in [1.54, 1.807) is 0 Å². The summed E-state index contributed by atoms with van der Waals surface area (Å²) in [5.74, 6) is -0.0144. The average Bonchev–Trinajstić information content (AvgIpc) is 3.42. The molecule has 0 aromatic carbocycles. The molecule has 0 aromatic heterocycles. The molecule has 0 aliphatic carbocycles. The fraction of sp³-hybridized carbons (Fsp3) is 0.971. The first-order valence-electron chi connectivity index (χ1n) is 35.3. The van der Waals surface area contributed by atoms with Crippen molar-refractivity contribution in [2.75, 3.05) is 13.2 Å². The minimum Gasteiger partial charge on any atom is -0.466 e. The highest BCUT2D eigenvalue weighted by atomic mass is 16.5. The van der Waals surface area contributed by atoms with E-state index in [0.29, 0.717) is 25.9 Å². The topological polar surface area (TPSA) is 95.9 Å². The lowest BCUT2D eigenvalue weighted by atomic mass is 10.0. The number of unbranched alkanes of at least 4 members (excludes halogenated alkanes) is 56. The van der Waals surface area contributed by atoms with Crippen LogP contribution < -0.4 is 5.32 Å². The predicted molar refractivity (Wildman–Crippen MR) is 334 cm³/mol. The third-order valence-electron chi connectivity index (χ3n) is 16.9. The molecule has 0 saturated heterocycles. The summed E-state index contributed by atoms with van der Waals surface area (Å²) in [6.45, 7) is 5.00. The second-order valence-corrected chi connectivity index (χ2v) is 24.6. The lowest BCUT2D eigenvalue weighted by Gasteiger charge is -2.22. The molecule has 76 heavy (non-hydrogen) atoms. The smallest absolute Gasteiger partial charge is 0.305 e. The van der Waals surface area contributed by atoms with Gasteiger partial charge in [0.05, 0.1) is 25.4 Å². The van der Waals surface area contributed by atoms with Gasteiger partial charge < -0.3 is 20.3 Å². The average molecular weight is 1070 g/mol. The van der Waals surface area contributed by atoms with Crippen LogP contribution in [-0.4, -0.2) is 47.4 Å². The van der Waals surface area contributed by atoms with E-state index >= 15 is 0 Å². The van der Waals surface area contributed by atoms with Gasteiger partial charge in [0.25, 0.3) is 0 Å². The maximum Gasteiger partial charge on any atom is 0.305 e. The van der Waals surface area contributed by atoms with Crippen molar-refractivity contribution in [2.24, 2.45) is 0 Å². The van der Waals surface area contributed by atoms with E-state index in [4.69, 9.17) is 4.74 Å². The number of nitrogens with one attached hydrogen (secondary N) is 1. The van der Waals surface area contributed by atoms with E-state index < -0.39 is 12.1 Å². The summed E-state index contributed by atoms with van der Waals surface area (Å²) in [5.41, 5.74) is 0. The van der Waals surface area contributed by atoms with Crippen LogP contribution in [0, 0.1) is 0 Å². The largest absolute Gasteiger partial charge is 0.466 e. The van der Waals surface area contributed by atoms with Crippen molar-refractivity contribution in [2.45, 2.75) is 424 Å². The van der Waals surface area contributed by atoms with Gasteiger partial charge in [0, 0.05) is 12.8 Å². The second-order valence-electron chi connectivity index (χ2n) is 24.6. The highest BCUT2D eigenvalue weighted by Crippen LogP contribution is 2.20. The summed E-state index contributed by atoms with van der Waals surface area (Å²) in [6.07, 6.45) is 80.0. The summed E-state index contributed by atoms with van der Waals surface area (Å²) in [7, 11) is 0.